The molecule has 0 radical (unpaired) electrons. The summed E-state index contributed by atoms with van der Waals surface area (Å²) in [5, 5.41) is 8.94. The number of nitrogens with two attached hydrogens (primary N) is 1. The SMILES string of the molecule is N#Cc1ccccc1C#CC=CC#Cc1ccc(N)cc1. The molecule has 2 heteroatoms. The number of nitrogen functional groups attached to an aromatic ring is 1. The lowest BCUT2D eigenvalue weighted by Crippen LogP contribution is -1.82. The molecular formula is C19H12N2. The molecule has 0 bridgehead atoms. The van der Waals surface area contributed by atoms with Crippen LogP contribution in [-0.2, 0) is 0 Å². The molecule has 0 fully saturated rings. The number of nitriles is 1. The van der Waals surface area contributed by atoms with Gasteiger partial charge in [-0.15, -0.1) is 0 Å². The first-order valence-corrected chi connectivity index (χ1v) is 6.32. The van der Waals surface area contributed by atoms with Gasteiger partial charge < -0.3 is 5.73 Å². The van der Waals surface area contributed by atoms with E-state index in [-0.39, 0.29) is 0 Å². The zero-order valence-electron chi connectivity index (χ0n) is 11.3. The highest BCUT2D eigenvalue weighted by Crippen LogP contribution is 2.05. The minimum Gasteiger partial charge on any atom is -0.399 e. The molecule has 2 aromatic carbocycles. The lowest BCUT2D eigenvalue weighted by atomic mass is 10.1. The van der Waals surface area contributed by atoms with Crippen LogP contribution < -0.4 is 5.73 Å². The number of allylic oxidation sites excluding steroid dienone is 2. The summed E-state index contributed by atoms with van der Waals surface area (Å²) >= 11 is 0. The average Bonchev–Trinajstić information content (AvgIpc) is 2.53. The molecule has 0 saturated heterocycles. The van der Waals surface area contributed by atoms with Gasteiger partial charge >= 0.3 is 0 Å². The average molecular weight is 268 g/mol. The van der Waals surface area contributed by atoms with E-state index in [1.807, 2.05) is 42.5 Å². The second-order valence-electron chi connectivity index (χ2n) is 4.15. The predicted molar refractivity (Wildman–Crippen MR) is 84.9 cm³/mol. The van der Waals surface area contributed by atoms with Gasteiger partial charge in [-0.3, -0.25) is 0 Å². The molecule has 0 unspecified atom stereocenters. The van der Waals surface area contributed by atoms with Gasteiger partial charge in [-0.1, -0.05) is 35.8 Å². The molecule has 21 heavy (non-hydrogen) atoms. The number of anilines is 1. The summed E-state index contributed by atoms with van der Waals surface area (Å²) < 4.78 is 0. The fourth-order valence-corrected chi connectivity index (χ4v) is 1.58. The van der Waals surface area contributed by atoms with Crippen molar-refractivity contribution in [1.29, 1.82) is 5.26 Å². The second kappa shape index (κ2) is 7.25. The second-order valence-corrected chi connectivity index (χ2v) is 4.15. The van der Waals surface area contributed by atoms with Crippen LogP contribution in [0.15, 0.2) is 60.7 Å². The fraction of sp³-hybridized carbons (Fsp3) is 0. The highest BCUT2D eigenvalue weighted by atomic mass is 14.5. The van der Waals surface area contributed by atoms with Crippen LogP contribution in [0.2, 0.25) is 0 Å². The predicted octanol–water partition coefficient (Wildman–Crippen LogP) is 3.10. The molecule has 0 aliphatic rings. The molecule has 0 spiro atoms. The molecule has 0 atom stereocenters. The third kappa shape index (κ3) is 4.32. The van der Waals surface area contributed by atoms with Crippen LogP contribution in [0.4, 0.5) is 5.69 Å². The molecule has 0 aliphatic heterocycles. The van der Waals surface area contributed by atoms with Crippen molar-refractivity contribution < 1.29 is 0 Å². The first kappa shape index (κ1) is 14.0. The van der Waals surface area contributed by atoms with E-state index >= 15 is 0 Å². The van der Waals surface area contributed by atoms with Gasteiger partial charge in [0, 0.05) is 16.8 Å². The summed E-state index contributed by atoms with van der Waals surface area (Å²) in [7, 11) is 0. The van der Waals surface area contributed by atoms with Gasteiger partial charge in [-0.25, -0.2) is 0 Å². The lowest BCUT2D eigenvalue weighted by Gasteiger charge is -1.91. The fourth-order valence-electron chi connectivity index (χ4n) is 1.58. The Bertz CT molecular complexity index is 814. The highest BCUT2D eigenvalue weighted by Gasteiger charge is 1.94. The van der Waals surface area contributed by atoms with E-state index in [0.717, 1.165) is 16.8 Å². The summed E-state index contributed by atoms with van der Waals surface area (Å²) in [6, 6.07) is 16.7. The van der Waals surface area contributed by atoms with Crippen LogP contribution >= 0.6 is 0 Å². The molecule has 2 N–H and O–H groups in total. The summed E-state index contributed by atoms with van der Waals surface area (Å²) in [4.78, 5) is 0. The molecule has 2 aromatic rings. The zero-order chi connectivity index (χ0) is 14.9. The van der Waals surface area contributed by atoms with E-state index in [0.29, 0.717) is 5.56 Å². The molecule has 2 nitrogen and oxygen atoms in total. The normalized spacial score (nSPS) is 9.10. The summed E-state index contributed by atoms with van der Waals surface area (Å²) in [5.41, 5.74) is 8.51. The standard InChI is InChI=1S/C19H12N2/c20-15-18-10-6-5-9-17(18)8-4-2-1-3-7-16-11-13-19(21)14-12-16/h1-2,5-6,9-14H,21H2. The molecule has 0 heterocycles. The molecule has 0 amide bonds. The minimum atomic E-state index is 0.575. The Morgan fingerprint density at radius 1 is 0.810 bits per heavy atom. The molecule has 98 valence electrons. The first-order chi connectivity index (χ1) is 10.3. The monoisotopic (exact) mass is 268 g/mol. The van der Waals surface area contributed by atoms with Gasteiger partial charge in [0.05, 0.1) is 5.56 Å². The maximum atomic E-state index is 8.94. The van der Waals surface area contributed by atoms with Crippen molar-refractivity contribution in [3.63, 3.8) is 0 Å². The Kier molecular flexibility index (Phi) is 4.83. The van der Waals surface area contributed by atoms with Crippen molar-refractivity contribution in [3.8, 4) is 29.8 Å². The molecule has 2 rings (SSSR count). The van der Waals surface area contributed by atoms with Crippen LogP contribution in [0.25, 0.3) is 0 Å². The van der Waals surface area contributed by atoms with Crippen LogP contribution in [0.3, 0.4) is 0 Å². The topological polar surface area (TPSA) is 49.8 Å². The molecular weight excluding hydrogens is 256 g/mol. The van der Waals surface area contributed by atoms with Crippen LogP contribution in [0.5, 0.6) is 0 Å². The van der Waals surface area contributed by atoms with E-state index in [4.69, 9.17) is 11.0 Å². The van der Waals surface area contributed by atoms with E-state index in [1.54, 1.807) is 18.2 Å². The number of benzene rings is 2. The van der Waals surface area contributed by atoms with E-state index in [2.05, 4.69) is 29.8 Å². The largest absolute Gasteiger partial charge is 0.399 e. The maximum absolute atomic E-state index is 8.94. The van der Waals surface area contributed by atoms with Crippen LogP contribution in [-0.4, -0.2) is 0 Å². The number of hydrogen-bond donors (Lipinski definition) is 1. The van der Waals surface area contributed by atoms with Crippen molar-refractivity contribution in [1.82, 2.24) is 0 Å². The van der Waals surface area contributed by atoms with Gasteiger partial charge in [0.2, 0.25) is 0 Å². The van der Waals surface area contributed by atoms with Crippen molar-refractivity contribution in [2.45, 2.75) is 0 Å². The van der Waals surface area contributed by atoms with E-state index in [9.17, 15) is 0 Å². The van der Waals surface area contributed by atoms with Gasteiger partial charge in [0.15, 0.2) is 0 Å². The maximum Gasteiger partial charge on any atom is 0.100 e. The Morgan fingerprint density at radius 3 is 2.10 bits per heavy atom. The Labute approximate surface area is 124 Å². The van der Waals surface area contributed by atoms with Gasteiger partial charge in [0.1, 0.15) is 6.07 Å². The van der Waals surface area contributed by atoms with Crippen LogP contribution in [0.1, 0.15) is 16.7 Å². The third-order valence-electron chi connectivity index (χ3n) is 2.63. The highest BCUT2D eigenvalue weighted by molar-refractivity contribution is 5.49. The van der Waals surface area contributed by atoms with Crippen molar-refractivity contribution in [2.75, 3.05) is 5.73 Å². The Morgan fingerprint density at radius 2 is 1.43 bits per heavy atom. The lowest BCUT2D eigenvalue weighted by molar-refractivity contribution is 1.47. The number of hydrogen-bond acceptors (Lipinski definition) is 2. The van der Waals surface area contributed by atoms with Crippen molar-refractivity contribution >= 4 is 5.69 Å². The van der Waals surface area contributed by atoms with E-state index in [1.165, 1.54) is 0 Å². The first-order valence-electron chi connectivity index (χ1n) is 6.32. The van der Waals surface area contributed by atoms with Crippen LogP contribution in [0, 0.1) is 35.0 Å². The Balaban J connectivity index is 2.03. The van der Waals surface area contributed by atoms with Gasteiger partial charge in [-0.05, 0) is 48.6 Å². The molecule has 0 aromatic heterocycles. The zero-order valence-corrected chi connectivity index (χ0v) is 11.3. The summed E-state index contributed by atoms with van der Waals surface area (Å²) in [5.74, 6) is 11.7. The smallest absolute Gasteiger partial charge is 0.100 e. The summed E-state index contributed by atoms with van der Waals surface area (Å²) in [6.07, 6.45) is 3.34. The molecule has 0 aliphatic carbocycles. The van der Waals surface area contributed by atoms with Crippen molar-refractivity contribution in [2.24, 2.45) is 0 Å². The number of nitrogens with zero attached hydrogens (tertiary/aromatic N) is 1. The quantitative estimate of drug-likeness (QED) is 0.589. The number of rotatable bonds is 0. The third-order valence-corrected chi connectivity index (χ3v) is 2.63. The van der Waals surface area contributed by atoms with Crippen molar-refractivity contribution in [3.05, 3.63) is 77.4 Å². The van der Waals surface area contributed by atoms with Gasteiger partial charge in [-0.2, -0.15) is 5.26 Å². The van der Waals surface area contributed by atoms with E-state index < -0.39 is 0 Å². The summed E-state index contributed by atoms with van der Waals surface area (Å²) in [6.45, 7) is 0. The van der Waals surface area contributed by atoms with Gasteiger partial charge in [0.25, 0.3) is 0 Å². The molecule has 0 saturated carbocycles. The minimum absolute atomic E-state index is 0.575. The Hall–Kier alpha value is -3.41.